The number of amides is 1. The van der Waals surface area contributed by atoms with Gasteiger partial charge in [-0.25, -0.2) is 0 Å². The molecule has 1 fully saturated rings. The lowest BCUT2D eigenvalue weighted by Gasteiger charge is -2.16. The van der Waals surface area contributed by atoms with Crippen LogP contribution in [0.5, 0.6) is 0 Å². The minimum Gasteiger partial charge on any atom is -0.451 e. The maximum absolute atomic E-state index is 12.5. The van der Waals surface area contributed by atoms with Crippen LogP contribution in [0.4, 0.5) is 5.69 Å². The lowest BCUT2D eigenvalue weighted by Crippen LogP contribution is -2.36. The molecule has 0 saturated carbocycles. The first-order valence-electron chi connectivity index (χ1n) is 8.55. The van der Waals surface area contributed by atoms with Gasteiger partial charge in [0.05, 0.1) is 11.9 Å². The van der Waals surface area contributed by atoms with Gasteiger partial charge in [-0.15, -0.1) is 0 Å². The Bertz CT molecular complexity index is 901. The molecule has 1 N–H and O–H groups in total. The molecule has 0 radical (unpaired) electrons. The fourth-order valence-corrected chi connectivity index (χ4v) is 3.36. The Balaban J connectivity index is 1.45. The number of benzene rings is 1. The number of anilines is 1. The van der Waals surface area contributed by atoms with E-state index in [0.717, 1.165) is 41.7 Å². The number of rotatable bonds is 3. The largest absolute Gasteiger partial charge is 0.451 e. The summed E-state index contributed by atoms with van der Waals surface area (Å²) < 4.78 is 7.54. The van der Waals surface area contributed by atoms with Gasteiger partial charge < -0.3 is 14.6 Å². The third kappa shape index (κ3) is 2.99. The molecule has 1 atom stereocenters. The summed E-state index contributed by atoms with van der Waals surface area (Å²) >= 11 is 0. The minimum absolute atomic E-state index is 0.115. The van der Waals surface area contributed by atoms with E-state index >= 15 is 0 Å². The van der Waals surface area contributed by atoms with E-state index in [1.165, 1.54) is 5.56 Å². The Kier molecular flexibility index (Phi) is 3.75. The summed E-state index contributed by atoms with van der Waals surface area (Å²) in [5.41, 5.74) is 4.21. The molecule has 0 spiro atoms. The topological polar surface area (TPSA) is 63.3 Å². The zero-order valence-electron chi connectivity index (χ0n) is 14.7. The summed E-state index contributed by atoms with van der Waals surface area (Å²) in [6.45, 7) is 5.81. The first-order valence-corrected chi connectivity index (χ1v) is 8.55. The Labute approximate surface area is 146 Å². The van der Waals surface area contributed by atoms with E-state index in [9.17, 15) is 4.79 Å². The molecule has 6 nitrogen and oxygen atoms in total. The van der Waals surface area contributed by atoms with Gasteiger partial charge in [-0.05, 0) is 49.6 Å². The van der Waals surface area contributed by atoms with Crippen LogP contribution in [0.15, 0.2) is 35.0 Å². The molecule has 130 valence electrons. The Morgan fingerprint density at radius 2 is 2.08 bits per heavy atom. The summed E-state index contributed by atoms with van der Waals surface area (Å²) in [6.07, 6.45) is 4.77. The average molecular weight is 338 g/mol. The lowest BCUT2D eigenvalue weighted by molar-refractivity contribution is 0.0914. The molecule has 1 aliphatic heterocycles. The van der Waals surface area contributed by atoms with Crippen LogP contribution in [0.1, 0.15) is 28.1 Å². The first kappa shape index (κ1) is 15.7. The van der Waals surface area contributed by atoms with E-state index in [4.69, 9.17) is 4.42 Å². The van der Waals surface area contributed by atoms with E-state index < -0.39 is 0 Å². The molecule has 0 aliphatic carbocycles. The highest BCUT2D eigenvalue weighted by Gasteiger charge is 2.26. The molecule has 3 heterocycles. The van der Waals surface area contributed by atoms with Crippen molar-refractivity contribution >= 4 is 22.6 Å². The quantitative estimate of drug-likeness (QED) is 0.798. The molecule has 0 unspecified atom stereocenters. The smallest absolute Gasteiger partial charge is 0.287 e. The Morgan fingerprint density at radius 1 is 1.28 bits per heavy atom. The van der Waals surface area contributed by atoms with Crippen molar-refractivity contribution in [2.75, 3.05) is 18.0 Å². The van der Waals surface area contributed by atoms with Crippen LogP contribution in [0.25, 0.3) is 11.0 Å². The standard InChI is InChI=1S/C19H22N4O2/c1-12-6-14-8-18(25-17(14)7-13(12)2)19(24)21-15-4-5-23(10-15)16-9-20-22(3)11-16/h6-9,11,15H,4-5,10H2,1-3H3,(H,21,24)/t15-/m1/s1. The normalized spacial score (nSPS) is 17.4. The average Bonchev–Trinajstić information content (AvgIpc) is 3.27. The third-order valence-electron chi connectivity index (χ3n) is 4.94. The van der Waals surface area contributed by atoms with Gasteiger partial charge in [0.1, 0.15) is 5.58 Å². The summed E-state index contributed by atoms with van der Waals surface area (Å²) in [6, 6.07) is 5.99. The number of carbonyl (C=O) groups excluding carboxylic acids is 1. The second-order valence-electron chi connectivity index (χ2n) is 6.86. The lowest BCUT2D eigenvalue weighted by atomic mass is 10.1. The van der Waals surface area contributed by atoms with Crippen LogP contribution < -0.4 is 10.2 Å². The molecule has 6 heteroatoms. The molecule has 25 heavy (non-hydrogen) atoms. The summed E-state index contributed by atoms with van der Waals surface area (Å²) in [7, 11) is 1.91. The van der Waals surface area contributed by atoms with Gasteiger partial charge in [0, 0.05) is 37.8 Å². The fourth-order valence-electron chi connectivity index (χ4n) is 3.36. The van der Waals surface area contributed by atoms with Crippen LogP contribution in [-0.4, -0.2) is 34.8 Å². The first-order chi connectivity index (χ1) is 12.0. The van der Waals surface area contributed by atoms with E-state index in [1.54, 1.807) is 4.68 Å². The van der Waals surface area contributed by atoms with Crippen molar-refractivity contribution in [1.82, 2.24) is 15.1 Å². The van der Waals surface area contributed by atoms with Crippen molar-refractivity contribution in [3.8, 4) is 0 Å². The van der Waals surface area contributed by atoms with Crippen molar-refractivity contribution in [2.45, 2.75) is 26.3 Å². The summed E-state index contributed by atoms with van der Waals surface area (Å²) in [5.74, 6) is 0.226. The number of carbonyl (C=O) groups is 1. The predicted octanol–water partition coefficient (Wildman–Crippen LogP) is 2.79. The van der Waals surface area contributed by atoms with E-state index in [-0.39, 0.29) is 11.9 Å². The van der Waals surface area contributed by atoms with Crippen molar-refractivity contribution < 1.29 is 9.21 Å². The maximum atomic E-state index is 12.5. The number of hydrogen-bond donors (Lipinski definition) is 1. The van der Waals surface area contributed by atoms with E-state index in [0.29, 0.717) is 5.76 Å². The van der Waals surface area contributed by atoms with Gasteiger partial charge in [-0.1, -0.05) is 0 Å². The van der Waals surface area contributed by atoms with Crippen molar-refractivity contribution in [2.24, 2.45) is 7.05 Å². The number of hydrogen-bond acceptors (Lipinski definition) is 4. The molecular formula is C19H22N4O2. The number of aromatic nitrogens is 2. The molecule has 0 bridgehead atoms. The number of furan rings is 1. The van der Waals surface area contributed by atoms with Gasteiger partial charge >= 0.3 is 0 Å². The van der Waals surface area contributed by atoms with Gasteiger partial charge in [0.25, 0.3) is 5.91 Å². The molecule has 1 saturated heterocycles. The molecule has 3 aromatic rings. The molecule has 2 aromatic heterocycles. The maximum Gasteiger partial charge on any atom is 0.287 e. The van der Waals surface area contributed by atoms with Crippen LogP contribution in [-0.2, 0) is 7.05 Å². The molecule has 4 rings (SSSR count). The van der Waals surface area contributed by atoms with Gasteiger partial charge in [-0.3, -0.25) is 9.48 Å². The van der Waals surface area contributed by atoms with Gasteiger partial charge in [0.15, 0.2) is 5.76 Å². The molecular weight excluding hydrogens is 316 g/mol. The predicted molar refractivity (Wildman–Crippen MR) is 97.0 cm³/mol. The summed E-state index contributed by atoms with van der Waals surface area (Å²) in [4.78, 5) is 14.8. The number of aryl methyl sites for hydroxylation is 3. The van der Waals surface area contributed by atoms with Crippen LogP contribution >= 0.6 is 0 Å². The molecule has 1 aromatic carbocycles. The SMILES string of the molecule is Cc1cc2cc(C(=O)N[C@@H]3CCN(c4cnn(C)c4)C3)oc2cc1C. The van der Waals surface area contributed by atoms with Crippen LogP contribution in [0.2, 0.25) is 0 Å². The van der Waals surface area contributed by atoms with E-state index in [2.05, 4.69) is 28.3 Å². The van der Waals surface area contributed by atoms with E-state index in [1.807, 2.05) is 38.5 Å². The third-order valence-corrected chi connectivity index (χ3v) is 4.94. The van der Waals surface area contributed by atoms with Crippen molar-refractivity contribution in [3.63, 3.8) is 0 Å². The highest BCUT2D eigenvalue weighted by molar-refractivity contribution is 5.96. The number of nitrogens with zero attached hydrogens (tertiary/aromatic N) is 3. The molecule has 1 aliphatic rings. The van der Waals surface area contributed by atoms with Gasteiger partial charge in [-0.2, -0.15) is 5.10 Å². The second-order valence-corrected chi connectivity index (χ2v) is 6.86. The van der Waals surface area contributed by atoms with Crippen LogP contribution in [0.3, 0.4) is 0 Å². The highest BCUT2D eigenvalue weighted by Crippen LogP contribution is 2.24. The van der Waals surface area contributed by atoms with Gasteiger partial charge in [0.2, 0.25) is 0 Å². The Hall–Kier alpha value is -2.76. The number of fused-ring (bicyclic) bond motifs is 1. The monoisotopic (exact) mass is 338 g/mol. The minimum atomic E-state index is -0.149. The molecule has 1 amide bonds. The van der Waals surface area contributed by atoms with Crippen LogP contribution in [0, 0.1) is 13.8 Å². The van der Waals surface area contributed by atoms with Crippen molar-refractivity contribution in [1.29, 1.82) is 0 Å². The summed E-state index contributed by atoms with van der Waals surface area (Å²) in [5, 5.41) is 8.27. The zero-order valence-corrected chi connectivity index (χ0v) is 14.7. The zero-order chi connectivity index (χ0) is 17.6. The number of nitrogens with one attached hydrogen (secondary N) is 1. The fraction of sp³-hybridized carbons (Fsp3) is 0.368. The Morgan fingerprint density at radius 3 is 2.84 bits per heavy atom. The van der Waals surface area contributed by atoms with Crippen molar-refractivity contribution in [3.05, 3.63) is 47.5 Å². The second kappa shape index (κ2) is 5.95. The highest BCUT2D eigenvalue weighted by atomic mass is 16.3.